The number of benzene rings is 2. The van der Waals surface area contributed by atoms with Crippen LogP contribution in [0, 0.1) is 0 Å². The fourth-order valence-electron chi connectivity index (χ4n) is 4.72. The molecule has 0 aliphatic carbocycles. The minimum atomic E-state index is 0.433. The summed E-state index contributed by atoms with van der Waals surface area (Å²) in [6.07, 6.45) is 9.48. The average Bonchev–Trinajstić information content (AvgIpc) is 3.36. The zero-order valence-electron chi connectivity index (χ0n) is 20.8. The third-order valence-corrected chi connectivity index (χ3v) is 7.07. The second-order valence-corrected chi connectivity index (χ2v) is 9.46. The first-order valence-corrected chi connectivity index (χ1v) is 12.9. The van der Waals surface area contributed by atoms with Crippen LogP contribution in [0.1, 0.15) is 48.6 Å². The molecule has 0 atom stereocenters. The Morgan fingerprint density at radius 1 is 1.00 bits per heavy atom. The Kier molecular flexibility index (Phi) is 9.01. The number of rotatable bonds is 10. The summed E-state index contributed by atoms with van der Waals surface area (Å²) in [4.78, 5) is 7.03. The van der Waals surface area contributed by atoms with Crippen LogP contribution in [-0.2, 0) is 13.0 Å². The molecule has 0 saturated carbocycles. The molecule has 0 bridgehead atoms. The second kappa shape index (κ2) is 12.6. The standard InChI is InChI=1S/C28H36N4O2S/c1-33-25-18-23(19-26(20-25)34-2)21-32-17-14-29-27(32)24-11-15-31(16-12-24)28(35)30-13-7-6-10-22-8-4-3-5-9-22/h3-5,8-9,14,17-20,24H,6-7,10-13,15-16,21H2,1-2H3,(H,30,35). The Morgan fingerprint density at radius 2 is 1.71 bits per heavy atom. The van der Waals surface area contributed by atoms with Crippen molar-refractivity contribution in [3.8, 4) is 11.5 Å². The van der Waals surface area contributed by atoms with Crippen molar-refractivity contribution in [1.82, 2.24) is 19.8 Å². The van der Waals surface area contributed by atoms with E-state index in [1.165, 1.54) is 12.0 Å². The van der Waals surface area contributed by atoms with E-state index in [0.717, 1.165) is 79.9 Å². The molecule has 35 heavy (non-hydrogen) atoms. The fraction of sp³-hybridized carbons (Fsp3) is 0.429. The number of aryl methyl sites for hydroxylation is 1. The molecule has 6 nitrogen and oxygen atoms in total. The van der Waals surface area contributed by atoms with E-state index in [9.17, 15) is 0 Å². The molecule has 186 valence electrons. The van der Waals surface area contributed by atoms with Crippen molar-refractivity contribution in [3.05, 3.63) is 77.9 Å². The molecule has 2 heterocycles. The number of thiocarbonyl (C=S) groups is 1. The van der Waals surface area contributed by atoms with Gasteiger partial charge in [0.05, 0.1) is 14.2 Å². The van der Waals surface area contributed by atoms with Gasteiger partial charge >= 0.3 is 0 Å². The lowest BCUT2D eigenvalue weighted by Crippen LogP contribution is -2.44. The van der Waals surface area contributed by atoms with E-state index in [1.54, 1.807) is 14.2 Å². The zero-order valence-corrected chi connectivity index (χ0v) is 21.6. The molecule has 1 N–H and O–H groups in total. The molecule has 0 spiro atoms. The SMILES string of the molecule is COc1cc(Cn2ccnc2C2CCN(C(=S)NCCCCc3ccccc3)CC2)cc(OC)c1. The molecule has 4 rings (SSSR count). The maximum absolute atomic E-state index is 5.69. The summed E-state index contributed by atoms with van der Waals surface area (Å²) in [5, 5.41) is 4.35. The Hall–Kier alpha value is -3.06. The maximum atomic E-state index is 5.69. The van der Waals surface area contributed by atoms with E-state index in [-0.39, 0.29) is 0 Å². The quantitative estimate of drug-likeness (QED) is 0.317. The molecule has 3 aromatic rings. The highest BCUT2D eigenvalue weighted by atomic mass is 32.1. The highest BCUT2D eigenvalue weighted by Crippen LogP contribution is 2.29. The molecule has 0 amide bonds. The van der Waals surface area contributed by atoms with Crippen LogP contribution in [0.2, 0.25) is 0 Å². The second-order valence-electron chi connectivity index (χ2n) is 9.07. The number of unbranched alkanes of at least 4 members (excludes halogenated alkanes) is 1. The normalized spacial score (nSPS) is 14.1. The number of nitrogens with one attached hydrogen (secondary N) is 1. The lowest BCUT2D eigenvalue weighted by molar-refractivity contribution is 0.300. The summed E-state index contributed by atoms with van der Waals surface area (Å²) in [7, 11) is 3.36. The first-order chi connectivity index (χ1) is 17.2. The molecule has 1 fully saturated rings. The minimum absolute atomic E-state index is 0.433. The first-order valence-electron chi connectivity index (χ1n) is 12.5. The van der Waals surface area contributed by atoms with Crippen molar-refractivity contribution < 1.29 is 9.47 Å². The van der Waals surface area contributed by atoms with E-state index >= 15 is 0 Å². The topological polar surface area (TPSA) is 51.5 Å². The Bertz CT molecular complexity index is 1060. The lowest BCUT2D eigenvalue weighted by Gasteiger charge is -2.33. The Labute approximate surface area is 214 Å². The number of methoxy groups -OCH3 is 2. The van der Waals surface area contributed by atoms with Crippen LogP contribution in [0.25, 0.3) is 0 Å². The van der Waals surface area contributed by atoms with Gasteiger partial charge < -0.3 is 24.3 Å². The molecule has 1 aromatic heterocycles. The van der Waals surface area contributed by atoms with Gasteiger partial charge in [-0.1, -0.05) is 30.3 Å². The van der Waals surface area contributed by atoms with Gasteiger partial charge in [0.15, 0.2) is 5.11 Å². The number of aromatic nitrogens is 2. The third kappa shape index (κ3) is 6.98. The van der Waals surface area contributed by atoms with Crippen LogP contribution in [0.4, 0.5) is 0 Å². The first kappa shape index (κ1) is 25.0. The van der Waals surface area contributed by atoms with Crippen molar-refractivity contribution in [2.75, 3.05) is 33.9 Å². The van der Waals surface area contributed by atoms with Crippen molar-refractivity contribution in [1.29, 1.82) is 0 Å². The van der Waals surface area contributed by atoms with Gasteiger partial charge in [0.1, 0.15) is 17.3 Å². The molecular formula is C28H36N4O2S. The van der Waals surface area contributed by atoms with Crippen LogP contribution >= 0.6 is 12.2 Å². The summed E-state index contributed by atoms with van der Waals surface area (Å²) in [6.45, 7) is 3.59. The van der Waals surface area contributed by atoms with Crippen LogP contribution < -0.4 is 14.8 Å². The average molecular weight is 493 g/mol. The molecule has 2 aromatic carbocycles. The fourth-order valence-corrected chi connectivity index (χ4v) is 5.00. The van der Waals surface area contributed by atoms with Gasteiger partial charge in [0.2, 0.25) is 0 Å². The Balaban J connectivity index is 1.23. The Morgan fingerprint density at radius 3 is 2.40 bits per heavy atom. The van der Waals surface area contributed by atoms with Crippen LogP contribution in [0.15, 0.2) is 60.9 Å². The largest absolute Gasteiger partial charge is 0.497 e. The van der Waals surface area contributed by atoms with E-state index in [2.05, 4.69) is 63.4 Å². The van der Waals surface area contributed by atoms with Crippen molar-refractivity contribution in [2.45, 2.75) is 44.6 Å². The van der Waals surface area contributed by atoms with Crippen molar-refractivity contribution in [2.24, 2.45) is 0 Å². The van der Waals surface area contributed by atoms with Crippen molar-refractivity contribution in [3.63, 3.8) is 0 Å². The molecule has 1 saturated heterocycles. The number of ether oxygens (including phenoxy) is 2. The van der Waals surface area contributed by atoms with E-state index in [0.29, 0.717) is 5.92 Å². The van der Waals surface area contributed by atoms with Crippen LogP contribution in [0.3, 0.4) is 0 Å². The van der Waals surface area contributed by atoms with E-state index in [4.69, 9.17) is 26.7 Å². The zero-order chi connectivity index (χ0) is 24.5. The van der Waals surface area contributed by atoms with Gasteiger partial charge in [0.25, 0.3) is 0 Å². The van der Waals surface area contributed by atoms with Crippen LogP contribution in [-0.4, -0.2) is 53.4 Å². The summed E-state index contributed by atoms with van der Waals surface area (Å²) >= 11 is 5.69. The van der Waals surface area contributed by atoms with Gasteiger partial charge in [-0.05, 0) is 67.6 Å². The minimum Gasteiger partial charge on any atom is -0.497 e. The molecule has 0 radical (unpaired) electrons. The molecule has 1 aliphatic rings. The lowest BCUT2D eigenvalue weighted by atomic mass is 9.96. The smallest absolute Gasteiger partial charge is 0.168 e. The number of imidazole rings is 1. The summed E-state index contributed by atoms with van der Waals surface area (Å²) in [5.41, 5.74) is 2.54. The van der Waals surface area contributed by atoms with E-state index in [1.807, 2.05) is 12.3 Å². The summed E-state index contributed by atoms with van der Waals surface area (Å²) < 4.78 is 13.1. The molecule has 7 heteroatoms. The highest BCUT2D eigenvalue weighted by molar-refractivity contribution is 7.80. The third-order valence-electron chi connectivity index (χ3n) is 6.67. The predicted octanol–water partition coefficient (Wildman–Crippen LogP) is 5.03. The predicted molar refractivity (Wildman–Crippen MR) is 144 cm³/mol. The summed E-state index contributed by atoms with van der Waals surface area (Å²) in [6, 6.07) is 16.7. The van der Waals surface area contributed by atoms with Gasteiger partial charge in [-0.2, -0.15) is 0 Å². The van der Waals surface area contributed by atoms with Gasteiger partial charge in [0, 0.05) is 50.6 Å². The van der Waals surface area contributed by atoms with Gasteiger partial charge in [-0.15, -0.1) is 0 Å². The van der Waals surface area contributed by atoms with Gasteiger partial charge in [-0.3, -0.25) is 0 Å². The maximum Gasteiger partial charge on any atom is 0.168 e. The number of hydrogen-bond acceptors (Lipinski definition) is 4. The monoisotopic (exact) mass is 492 g/mol. The summed E-state index contributed by atoms with van der Waals surface area (Å²) in [5.74, 6) is 3.18. The van der Waals surface area contributed by atoms with Gasteiger partial charge in [-0.25, -0.2) is 4.98 Å². The number of nitrogens with zero attached hydrogens (tertiary/aromatic N) is 3. The van der Waals surface area contributed by atoms with E-state index < -0.39 is 0 Å². The molecule has 0 unspecified atom stereocenters. The highest BCUT2D eigenvalue weighted by Gasteiger charge is 2.25. The van der Waals surface area contributed by atoms with Crippen LogP contribution in [0.5, 0.6) is 11.5 Å². The molecular weight excluding hydrogens is 456 g/mol. The number of hydrogen-bond donors (Lipinski definition) is 1. The van der Waals surface area contributed by atoms with Crippen molar-refractivity contribution >= 4 is 17.3 Å². The number of piperidine rings is 1. The molecule has 1 aliphatic heterocycles. The number of likely N-dealkylation sites (tertiary alicyclic amines) is 1.